The molecule has 0 bridgehead atoms. The molecule has 6 heteroatoms. The molecule has 3 nitrogen and oxygen atoms in total. The van der Waals surface area contributed by atoms with E-state index in [4.69, 9.17) is 0 Å². The summed E-state index contributed by atoms with van der Waals surface area (Å²) in [5, 5.41) is 5.74. The summed E-state index contributed by atoms with van der Waals surface area (Å²) < 4.78 is 25.9. The minimum Gasteiger partial charge on any atom is -0.353 e. The number of nitrogens with one attached hydrogen (secondary N) is 2. The third kappa shape index (κ3) is 5.25. The van der Waals surface area contributed by atoms with Crippen LogP contribution in [0.25, 0.3) is 0 Å². The molecule has 118 valence electrons. The molecule has 0 aromatic heterocycles. The van der Waals surface area contributed by atoms with Crippen molar-refractivity contribution in [3.05, 3.63) is 35.1 Å². The van der Waals surface area contributed by atoms with Crippen LogP contribution >= 0.6 is 12.4 Å². The van der Waals surface area contributed by atoms with Gasteiger partial charge in [-0.1, -0.05) is 12.1 Å². The Morgan fingerprint density at radius 2 is 2.05 bits per heavy atom. The van der Waals surface area contributed by atoms with Crippen LogP contribution in [-0.2, 0) is 11.2 Å². The van der Waals surface area contributed by atoms with E-state index in [0.29, 0.717) is 13.0 Å². The van der Waals surface area contributed by atoms with Gasteiger partial charge in [0.2, 0.25) is 0 Å². The highest BCUT2D eigenvalue weighted by Gasteiger charge is 2.18. The number of hydrogen-bond acceptors (Lipinski definition) is 2. The summed E-state index contributed by atoms with van der Waals surface area (Å²) in [5.41, 5.74) is 1.74. The van der Waals surface area contributed by atoms with E-state index in [1.807, 2.05) is 6.07 Å². The van der Waals surface area contributed by atoms with Gasteiger partial charge in [0.15, 0.2) is 6.67 Å². The predicted octanol–water partition coefficient (Wildman–Crippen LogP) is 2.34. The van der Waals surface area contributed by atoms with E-state index in [1.165, 1.54) is 6.07 Å². The van der Waals surface area contributed by atoms with Gasteiger partial charge in [-0.15, -0.1) is 12.4 Å². The van der Waals surface area contributed by atoms with Gasteiger partial charge in [0.05, 0.1) is 0 Å². The summed E-state index contributed by atoms with van der Waals surface area (Å²) in [5.74, 6) is -0.504. The smallest absolute Gasteiger partial charge is 0.251 e. The number of rotatable bonds is 5. The van der Waals surface area contributed by atoms with Crippen LogP contribution in [-0.4, -0.2) is 32.2 Å². The van der Waals surface area contributed by atoms with Crippen LogP contribution in [0.4, 0.5) is 8.78 Å². The third-order valence-corrected chi connectivity index (χ3v) is 3.70. The molecule has 21 heavy (non-hydrogen) atoms. The second kappa shape index (κ2) is 8.95. The van der Waals surface area contributed by atoms with Gasteiger partial charge < -0.3 is 10.6 Å². The lowest BCUT2D eigenvalue weighted by Crippen LogP contribution is -2.27. The molecule has 2 N–H and O–H groups in total. The van der Waals surface area contributed by atoms with Crippen molar-refractivity contribution in [2.24, 2.45) is 0 Å². The Kier molecular flexibility index (Phi) is 7.61. The van der Waals surface area contributed by atoms with Gasteiger partial charge in [-0.3, -0.25) is 4.79 Å². The van der Waals surface area contributed by atoms with Crippen molar-refractivity contribution < 1.29 is 13.6 Å². The number of carbonyl (C=O) groups excluding carboxylic acids is 1. The third-order valence-electron chi connectivity index (χ3n) is 3.70. The van der Waals surface area contributed by atoms with Crippen molar-refractivity contribution in [1.29, 1.82) is 0 Å². The van der Waals surface area contributed by atoms with Gasteiger partial charge in [0.25, 0.3) is 5.91 Å². The highest BCUT2D eigenvalue weighted by atomic mass is 35.5. The monoisotopic (exact) mass is 318 g/mol. The molecule has 2 rings (SSSR count). The van der Waals surface area contributed by atoms with Crippen molar-refractivity contribution >= 4 is 18.3 Å². The molecule has 0 atom stereocenters. The molecule has 1 amide bonds. The molecule has 1 saturated heterocycles. The lowest BCUT2D eigenvalue weighted by Gasteiger charge is -2.23. The molecule has 1 aliphatic heterocycles. The van der Waals surface area contributed by atoms with Gasteiger partial charge >= 0.3 is 0 Å². The molecule has 1 aromatic rings. The first kappa shape index (κ1) is 17.9. The quantitative estimate of drug-likeness (QED) is 0.875. The number of hydrogen-bond donors (Lipinski definition) is 2. The number of benzene rings is 1. The van der Waals surface area contributed by atoms with E-state index in [-0.39, 0.29) is 24.1 Å². The first-order chi connectivity index (χ1) is 9.70. The highest BCUT2D eigenvalue weighted by Crippen LogP contribution is 2.28. The standard InChI is InChI=1S/C15H20F2N2O.ClH/c16-10-15(20)19-8-3-11-1-2-14(17)13(9-11)12-4-6-18-7-5-12;/h1-2,9,12,18H,3-8,10H2,(H,19,20);1H. The summed E-state index contributed by atoms with van der Waals surface area (Å²) in [6.45, 7) is 1.21. The van der Waals surface area contributed by atoms with E-state index in [2.05, 4.69) is 10.6 Å². The number of halogens is 3. The van der Waals surface area contributed by atoms with E-state index < -0.39 is 12.6 Å². The Morgan fingerprint density at radius 3 is 2.71 bits per heavy atom. The van der Waals surface area contributed by atoms with E-state index >= 15 is 0 Å². The zero-order chi connectivity index (χ0) is 14.4. The molecule has 0 spiro atoms. The van der Waals surface area contributed by atoms with Gasteiger partial charge in [0.1, 0.15) is 5.82 Å². The summed E-state index contributed by atoms with van der Waals surface area (Å²) in [6, 6.07) is 5.10. The lowest BCUT2D eigenvalue weighted by atomic mass is 9.88. The molecule has 1 fully saturated rings. The summed E-state index contributed by atoms with van der Waals surface area (Å²) in [7, 11) is 0. The number of carbonyl (C=O) groups is 1. The minimum absolute atomic E-state index is 0. The maximum absolute atomic E-state index is 13.9. The zero-order valence-corrected chi connectivity index (χ0v) is 12.6. The van der Waals surface area contributed by atoms with Crippen LogP contribution in [0.1, 0.15) is 29.9 Å². The van der Waals surface area contributed by atoms with Crippen molar-refractivity contribution in [3.63, 3.8) is 0 Å². The fourth-order valence-electron chi connectivity index (χ4n) is 2.59. The second-order valence-electron chi connectivity index (χ2n) is 5.11. The van der Waals surface area contributed by atoms with Gasteiger partial charge in [-0.25, -0.2) is 8.78 Å². The van der Waals surface area contributed by atoms with Crippen LogP contribution < -0.4 is 10.6 Å². The summed E-state index contributed by atoms with van der Waals surface area (Å²) >= 11 is 0. The van der Waals surface area contributed by atoms with E-state index in [9.17, 15) is 13.6 Å². The van der Waals surface area contributed by atoms with Crippen molar-refractivity contribution in [1.82, 2.24) is 10.6 Å². The van der Waals surface area contributed by atoms with Crippen LogP contribution in [0.15, 0.2) is 18.2 Å². The zero-order valence-electron chi connectivity index (χ0n) is 11.8. The first-order valence-corrected chi connectivity index (χ1v) is 7.02. The maximum atomic E-state index is 13.9. The highest BCUT2D eigenvalue weighted by molar-refractivity contribution is 5.85. The number of amides is 1. The molecule has 1 heterocycles. The van der Waals surface area contributed by atoms with E-state index in [1.54, 1.807) is 6.07 Å². The molecule has 0 aliphatic carbocycles. The van der Waals surface area contributed by atoms with Crippen LogP contribution in [0.2, 0.25) is 0 Å². The van der Waals surface area contributed by atoms with Crippen LogP contribution in [0.3, 0.4) is 0 Å². The summed E-state index contributed by atoms with van der Waals surface area (Å²) in [4.78, 5) is 10.8. The van der Waals surface area contributed by atoms with Gasteiger partial charge in [-0.2, -0.15) is 0 Å². The molecule has 0 unspecified atom stereocenters. The lowest BCUT2D eigenvalue weighted by molar-refractivity contribution is -0.121. The molecule has 1 aliphatic rings. The predicted molar refractivity (Wildman–Crippen MR) is 81.2 cm³/mol. The molecule has 1 aromatic carbocycles. The second-order valence-corrected chi connectivity index (χ2v) is 5.11. The van der Waals surface area contributed by atoms with E-state index in [0.717, 1.165) is 37.1 Å². The topological polar surface area (TPSA) is 41.1 Å². The van der Waals surface area contributed by atoms with Crippen LogP contribution in [0.5, 0.6) is 0 Å². The summed E-state index contributed by atoms with van der Waals surface area (Å²) in [6.07, 6.45) is 2.47. The van der Waals surface area contributed by atoms with Crippen molar-refractivity contribution in [3.8, 4) is 0 Å². The molecular formula is C15H21ClF2N2O. The van der Waals surface area contributed by atoms with Gasteiger partial charge in [-0.05, 0) is 55.5 Å². The molecular weight excluding hydrogens is 298 g/mol. The fraction of sp³-hybridized carbons (Fsp3) is 0.533. The van der Waals surface area contributed by atoms with Crippen LogP contribution in [0, 0.1) is 5.82 Å². The van der Waals surface area contributed by atoms with Gasteiger partial charge in [0, 0.05) is 6.54 Å². The molecule has 0 radical (unpaired) electrons. The Hall–Kier alpha value is -1.20. The minimum atomic E-state index is -0.996. The molecule has 0 saturated carbocycles. The number of alkyl halides is 1. The van der Waals surface area contributed by atoms with Crippen molar-refractivity contribution in [2.75, 3.05) is 26.3 Å². The number of piperidine rings is 1. The Labute approximate surface area is 129 Å². The van der Waals surface area contributed by atoms with Crippen molar-refractivity contribution in [2.45, 2.75) is 25.2 Å². The Bertz CT molecular complexity index is 465. The average Bonchev–Trinajstić information content (AvgIpc) is 2.49. The average molecular weight is 319 g/mol. The Morgan fingerprint density at radius 1 is 1.33 bits per heavy atom. The SMILES string of the molecule is Cl.O=C(CF)NCCc1ccc(F)c(C2CCNCC2)c1. The fourth-order valence-corrected chi connectivity index (χ4v) is 2.59. The Balaban J connectivity index is 0.00000220. The maximum Gasteiger partial charge on any atom is 0.251 e. The first-order valence-electron chi connectivity index (χ1n) is 7.02. The largest absolute Gasteiger partial charge is 0.353 e. The normalized spacial score (nSPS) is 15.3.